The first-order chi connectivity index (χ1) is 16.6. The van der Waals surface area contributed by atoms with Gasteiger partial charge in [0.05, 0.1) is 19.3 Å². The van der Waals surface area contributed by atoms with Gasteiger partial charge < -0.3 is 23.6 Å². The standard InChI is InChI=1S/C28H49NO5Si2/c1-21(2)13-16-32-25-20-23-22(19-26(25)34-36(9,10)28(3,4)5)11-14-29(24(23)12-15-30)27(31)33-17-18-35(6,7)8/h15,19-21,24H,11-14,16-18H2,1-10H3. The molecule has 1 unspecified atom stereocenters. The Kier molecular flexibility index (Phi) is 10.3. The fourth-order valence-corrected chi connectivity index (χ4v) is 5.56. The third-order valence-electron chi connectivity index (χ3n) is 7.32. The minimum Gasteiger partial charge on any atom is -0.541 e. The highest BCUT2D eigenvalue weighted by molar-refractivity contribution is 6.76. The number of carbonyl (C=O) groups excluding carboxylic acids is 2. The van der Waals surface area contributed by atoms with Gasteiger partial charge in [-0.05, 0) is 66.2 Å². The Hall–Kier alpha value is -1.81. The van der Waals surface area contributed by atoms with Crippen molar-refractivity contribution in [2.24, 2.45) is 5.92 Å². The van der Waals surface area contributed by atoms with E-state index in [0.717, 1.165) is 35.6 Å². The van der Waals surface area contributed by atoms with Gasteiger partial charge in [-0.25, -0.2) is 4.79 Å². The molecular weight excluding hydrogens is 486 g/mol. The molecule has 1 aromatic rings. The van der Waals surface area contributed by atoms with Crippen molar-refractivity contribution in [3.63, 3.8) is 0 Å². The summed E-state index contributed by atoms with van der Waals surface area (Å²) in [6, 6.07) is 4.66. The fourth-order valence-electron chi connectivity index (χ4n) is 3.83. The van der Waals surface area contributed by atoms with Crippen molar-refractivity contribution < 1.29 is 23.5 Å². The van der Waals surface area contributed by atoms with Crippen molar-refractivity contribution in [3.05, 3.63) is 23.3 Å². The average molecular weight is 536 g/mol. The number of rotatable bonds is 11. The van der Waals surface area contributed by atoms with Crippen LogP contribution >= 0.6 is 0 Å². The maximum Gasteiger partial charge on any atom is 0.410 e. The molecule has 8 heteroatoms. The van der Waals surface area contributed by atoms with Gasteiger partial charge in [0.15, 0.2) is 5.75 Å². The molecule has 204 valence electrons. The van der Waals surface area contributed by atoms with Crippen molar-refractivity contribution >= 4 is 28.8 Å². The number of fused-ring (bicyclic) bond motifs is 1. The van der Waals surface area contributed by atoms with Gasteiger partial charge in [0.1, 0.15) is 12.0 Å². The number of amides is 1. The first-order valence-electron chi connectivity index (χ1n) is 13.4. The maximum atomic E-state index is 13.0. The Bertz CT molecular complexity index is 902. The molecule has 1 aliphatic rings. The lowest BCUT2D eigenvalue weighted by atomic mass is 9.90. The van der Waals surface area contributed by atoms with Crippen molar-refractivity contribution in [2.45, 2.75) is 104 Å². The second-order valence-electron chi connectivity index (χ2n) is 13.2. The quantitative estimate of drug-likeness (QED) is 0.217. The molecule has 0 spiro atoms. The second kappa shape index (κ2) is 12.2. The van der Waals surface area contributed by atoms with Gasteiger partial charge in [-0.15, -0.1) is 0 Å². The van der Waals surface area contributed by atoms with Gasteiger partial charge in [-0.3, -0.25) is 0 Å². The molecule has 0 aliphatic carbocycles. The van der Waals surface area contributed by atoms with Gasteiger partial charge in [-0.2, -0.15) is 0 Å². The lowest BCUT2D eigenvalue weighted by Crippen LogP contribution is -2.44. The maximum absolute atomic E-state index is 13.0. The van der Waals surface area contributed by atoms with Crippen LogP contribution in [0.3, 0.4) is 0 Å². The molecule has 1 aliphatic heterocycles. The van der Waals surface area contributed by atoms with E-state index in [-0.39, 0.29) is 23.6 Å². The van der Waals surface area contributed by atoms with Crippen LogP contribution in [0, 0.1) is 5.92 Å². The molecule has 1 atom stereocenters. The van der Waals surface area contributed by atoms with Crippen molar-refractivity contribution in [1.29, 1.82) is 0 Å². The monoisotopic (exact) mass is 535 g/mol. The Morgan fingerprint density at radius 1 is 1.11 bits per heavy atom. The van der Waals surface area contributed by atoms with Crippen LogP contribution in [0.25, 0.3) is 0 Å². The molecule has 1 amide bonds. The van der Waals surface area contributed by atoms with Crippen LogP contribution in [0.4, 0.5) is 4.79 Å². The van der Waals surface area contributed by atoms with Gasteiger partial charge in [0.2, 0.25) is 0 Å². The summed E-state index contributed by atoms with van der Waals surface area (Å²) in [6.07, 6.45) is 2.40. The predicted octanol–water partition coefficient (Wildman–Crippen LogP) is 7.46. The highest BCUT2D eigenvalue weighted by Crippen LogP contribution is 2.44. The molecule has 0 bridgehead atoms. The van der Waals surface area contributed by atoms with E-state index in [2.05, 4.69) is 73.4 Å². The van der Waals surface area contributed by atoms with Gasteiger partial charge in [0, 0.05) is 21.0 Å². The number of nitrogens with zero attached hydrogens (tertiary/aromatic N) is 1. The Morgan fingerprint density at radius 3 is 2.33 bits per heavy atom. The SMILES string of the molecule is CC(C)CCOc1cc2c(cc1O[Si](C)(C)C(C)(C)C)CCN(C(=O)OCC[Si](C)(C)C)C2CC=O. The number of ether oxygens (including phenoxy) is 2. The summed E-state index contributed by atoms with van der Waals surface area (Å²) in [6.45, 7) is 23.8. The topological polar surface area (TPSA) is 65.1 Å². The highest BCUT2D eigenvalue weighted by Gasteiger charge is 2.40. The number of hydrogen-bond acceptors (Lipinski definition) is 5. The van der Waals surface area contributed by atoms with Gasteiger partial charge in [0.25, 0.3) is 8.32 Å². The van der Waals surface area contributed by atoms with Crippen LogP contribution in [-0.2, 0) is 16.0 Å². The normalized spacial score (nSPS) is 16.5. The molecule has 0 aromatic heterocycles. The first-order valence-corrected chi connectivity index (χ1v) is 20.0. The summed E-state index contributed by atoms with van der Waals surface area (Å²) in [5.41, 5.74) is 2.07. The largest absolute Gasteiger partial charge is 0.541 e. The number of hydrogen-bond donors (Lipinski definition) is 0. The van der Waals surface area contributed by atoms with Crippen LogP contribution < -0.4 is 9.16 Å². The third kappa shape index (κ3) is 8.37. The summed E-state index contributed by atoms with van der Waals surface area (Å²) < 4.78 is 18.6. The molecule has 0 N–H and O–H groups in total. The van der Waals surface area contributed by atoms with E-state index in [1.807, 2.05) is 6.07 Å². The lowest BCUT2D eigenvalue weighted by Gasteiger charge is -2.39. The molecule has 0 saturated carbocycles. The third-order valence-corrected chi connectivity index (χ3v) is 13.4. The van der Waals surface area contributed by atoms with Crippen molar-refractivity contribution in [3.8, 4) is 11.5 Å². The number of aldehydes is 1. The number of benzene rings is 1. The van der Waals surface area contributed by atoms with Gasteiger partial charge in [-0.1, -0.05) is 54.3 Å². The molecule has 0 fully saturated rings. The second-order valence-corrected chi connectivity index (χ2v) is 23.5. The van der Waals surface area contributed by atoms with E-state index < -0.39 is 16.4 Å². The first kappa shape index (κ1) is 30.4. The summed E-state index contributed by atoms with van der Waals surface area (Å²) in [4.78, 5) is 26.4. The summed E-state index contributed by atoms with van der Waals surface area (Å²) in [7, 11) is -3.41. The van der Waals surface area contributed by atoms with Crippen molar-refractivity contribution in [1.82, 2.24) is 4.90 Å². The molecule has 36 heavy (non-hydrogen) atoms. The minimum atomic E-state index is -2.09. The zero-order valence-electron chi connectivity index (χ0n) is 24.3. The summed E-state index contributed by atoms with van der Waals surface area (Å²) in [5, 5.41) is 0.0502. The van der Waals surface area contributed by atoms with E-state index in [9.17, 15) is 9.59 Å². The van der Waals surface area contributed by atoms with E-state index in [4.69, 9.17) is 13.9 Å². The van der Waals surface area contributed by atoms with Crippen LogP contribution in [0.5, 0.6) is 11.5 Å². The molecule has 6 nitrogen and oxygen atoms in total. The zero-order valence-corrected chi connectivity index (χ0v) is 26.3. The van der Waals surface area contributed by atoms with Gasteiger partial charge >= 0.3 is 6.09 Å². The Labute approximate surface area is 221 Å². The smallest absolute Gasteiger partial charge is 0.410 e. The lowest BCUT2D eigenvalue weighted by molar-refractivity contribution is -0.108. The highest BCUT2D eigenvalue weighted by atomic mass is 28.4. The molecular formula is C28H49NO5Si2. The van der Waals surface area contributed by atoms with E-state index >= 15 is 0 Å². The molecule has 0 saturated heterocycles. The summed E-state index contributed by atoms with van der Waals surface area (Å²) >= 11 is 0. The van der Waals surface area contributed by atoms with Crippen LogP contribution in [0.1, 0.15) is 64.6 Å². The zero-order chi connectivity index (χ0) is 27.3. The molecule has 1 heterocycles. The van der Waals surface area contributed by atoms with E-state index in [1.54, 1.807) is 4.90 Å². The number of carbonyl (C=O) groups is 2. The predicted molar refractivity (Wildman–Crippen MR) is 153 cm³/mol. The molecule has 1 aromatic carbocycles. The minimum absolute atomic E-state index is 0.0502. The van der Waals surface area contributed by atoms with E-state index in [1.165, 1.54) is 0 Å². The fraction of sp³-hybridized carbons (Fsp3) is 0.714. The average Bonchev–Trinajstić information content (AvgIpc) is 2.72. The molecule has 2 rings (SSSR count). The summed E-state index contributed by atoms with van der Waals surface area (Å²) in [5.74, 6) is 2.00. The van der Waals surface area contributed by atoms with Crippen LogP contribution in [-0.4, -0.2) is 53.4 Å². The van der Waals surface area contributed by atoms with Crippen LogP contribution in [0.2, 0.25) is 43.8 Å². The Morgan fingerprint density at radius 2 is 1.78 bits per heavy atom. The van der Waals surface area contributed by atoms with Crippen molar-refractivity contribution in [2.75, 3.05) is 19.8 Å². The molecule has 0 radical (unpaired) electrons. The van der Waals surface area contributed by atoms with E-state index in [0.29, 0.717) is 37.8 Å². The van der Waals surface area contributed by atoms with Crippen LogP contribution in [0.15, 0.2) is 12.1 Å². The Balaban J connectivity index is 2.40.